The summed E-state index contributed by atoms with van der Waals surface area (Å²) in [4.78, 5) is 1.98. The molecule has 0 radical (unpaired) electrons. The van der Waals surface area contributed by atoms with Crippen LogP contribution in [-0.4, -0.2) is 29.5 Å². The Hall–Kier alpha value is -1.05. The minimum Gasteiger partial charge on any atom is -0.595 e. The maximum atomic E-state index is 10.9. The number of hydrogen-bond acceptors (Lipinski definition) is 5. The number of nitrogens with two attached hydrogens (primary N) is 1. The average molecular weight is 274 g/mol. The zero-order valence-corrected chi connectivity index (χ0v) is 10.5. The molecule has 0 spiro atoms. The fraction of sp³-hybridized carbons (Fsp3) is 0.455. The second-order valence-electron chi connectivity index (χ2n) is 4.37. The van der Waals surface area contributed by atoms with Crippen LogP contribution in [0.5, 0.6) is 0 Å². The molecule has 1 unspecified atom stereocenters. The summed E-state index contributed by atoms with van der Waals surface area (Å²) in [6.07, 6.45) is 1.87. The number of nitrogens with zero attached hydrogens (tertiary/aromatic N) is 1. The van der Waals surface area contributed by atoms with Crippen molar-refractivity contribution in [1.29, 1.82) is 0 Å². The van der Waals surface area contributed by atoms with Crippen molar-refractivity contribution in [3.8, 4) is 0 Å². The molecule has 18 heavy (non-hydrogen) atoms. The van der Waals surface area contributed by atoms with E-state index in [4.69, 9.17) is 22.5 Å². The van der Waals surface area contributed by atoms with Crippen LogP contribution in [0.2, 0.25) is 5.02 Å². The minimum atomic E-state index is -1.10. The first-order valence-corrected chi connectivity index (χ1v) is 6.12. The standard InChI is InChI=1S/C11H16ClN3O3/c12-8-4-11(15(17)18)9(13)5-10(8)14-3-1-2-7(14)6-16/h4-5,7,15-17H,1-3,6,13H2/t7-/m1/s1. The molecule has 7 heteroatoms. The second kappa shape index (κ2) is 5.29. The lowest BCUT2D eigenvalue weighted by Crippen LogP contribution is -2.99. The molecule has 100 valence electrons. The van der Waals surface area contributed by atoms with Crippen LogP contribution in [0.1, 0.15) is 12.8 Å². The van der Waals surface area contributed by atoms with Crippen molar-refractivity contribution < 1.29 is 15.5 Å². The minimum absolute atomic E-state index is 0.00324. The molecule has 6 nitrogen and oxygen atoms in total. The third kappa shape index (κ3) is 2.38. The van der Waals surface area contributed by atoms with E-state index in [1.807, 2.05) is 4.90 Å². The van der Waals surface area contributed by atoms with Gasteiger partial charge in [0.15, 0.2) is 5.69 Å². The van der Waals surface area contributed by atoms with E-state index in [1.165, 1.54) is 6.07 Å². The first-order valence-electron chi connectivity index (χ1n) is 5.74. The Labute approximate surface area is 110 Å². The van der Waals surface area contributed by atoms with Crippen molar-refractivity contribution in [3.05, 3.63) is 22.4 Å². The lowest BCUT2D eigenvalue weighted by molar-refractivity contribution is -0.990. The van der Waals surface area contributed by atoms with E-state index >= 15 is 0 Å². The number of halogens is 1. The van der Waals surface area contributed by atoms with Crippen molar-refractivity contribution in [3.63, 3.8) is 0 Å². The number of quaternary nitrogens is 1. The Morgan fingerprint density at radius 3 is 2.89 bits per heavy atom. The molecule has 0 aliphatic carbocycles. The van der Waals surface area contributed by atoms with E-state index in [0.717, 1.165) is 19.4 Å². The lowest BCUT2D eigenvalue weighted by atomic mass is 10.2. The number of hydrogen-bond donors (Lipinski definition) is 4. The number of aliphatic hydroxyl groups is 1. The number of aliphatic hydroxyl groups excluding tert-OH is 1. The number of benzene rings is 1. The van der Waals surface area contributed by atoms with E-state index in [9.17, 15) is 10.3 Å². The van der Waals surface area contributed by atoms with Gasteiger partial charge in [0.1, 0.15) is 0 Å². The summed E-state index contributed by atoms with van der Waals surface area (Å²) in [7, 11) is 0. The monoisotopic (exact) mass is 273 g/mol. The van der Waals surface area contributed by atoms with Crippen LogP contribution in [-0.2, 0) is 0 Å². The normalized spacial score (nSPS) is 21.3. The van der Waals surface area contributed by atoms with Gasteiger partial charge in [-0.15, -0.1) is 0 Å². The topological polar surface area (TPSA) is 97.2 Å². The molecule has 1 aliphatic heterocycles. The van der Waals surface area contributed by atoms with Crippen LogP contribution in [0.4, 0.5) is 17.1 Å². The molecule has 0 saturated carbocycles. The van der Waals surface area contributed by atoms with Gasteiger partial charge in [0, 0.05) is 12.6 Å². The van der Waals surface area contributed by atoms with Gasteiger partial charge in [-0.25, -0.2) is 5.21 Å². The summed E-state index contributed by atoms with van der Waals surface area (Å²) in [5, 5.41) is 28.4. The third-order valence-electron chi connectivity index (χ3n) is 3.25. The Morgan fingerprint density at radius 1 is 1.56 bits per heavy atom. The molecule has 1 aliphatic rings. The summed E-state index contributed by atoms with van der Waals surface area (Å²) in [5.74, 6) is 0. The van der Waals surface area contributed by atoms with E-state index in [1.54, 1.807) is 6.07 Å². The molecule has 2 rings (SSSR count). The van der Waals surface area contributed by atoms with Gasteiger partial charge in [-0.05, 0) is 18.9 Å². The van der Waals surface area contributed by atoms with Gasteiger partial charge in [0.2, 0.25) is 0 Å². The maximum absolute atomic E-state index is 10.9. The van der Waals surface area contributed by atoms with Gasteiger partial charge in [-0.3, -0.25) is 0 Å². The van der Waals surface area contributed by atoms with Crippen LogP contribution in [0.3, 0.4) is 0 Å². The Morgan fingerprint density at radius 2 is 2.28 bits per heavy atom. The molecule has 0 aromatic heterocycles. The van der Waals surface area contributed by atoms with Crippen LogP contribution in [0.15, 0.2) is 12.1 Å². The van der Waals surface area contributed by atoms with Gasteiger partial charge in [-0.1, -0.05) is 11.6 Å². The lowest BCUT2D eigenvalue weighted by Gasteiger charge is -2.27. The molecule has 0 amide bonds. The average Bonchev–Trinajstić information content (AvgIpc) is 2.79. The Bertz CT molecular complexity index is 442. The highest BCUT2D eigenvalue weighted by Crippen LogP contribution is 2.35. The van der Waals surface area contributed by atoms with Crippen LogP contribution in [0, 0.1) is 5.21 Å². The summed E-state index contributed by atoms with van der Waals surface area (Å²) in [6, 6.07) is 2.96. The van der Waals surface area contributed by atoms with Crippen molar-refractivity contribution in [2.75, 3.05) is 23.8 Å². The summed E-state index contributed by atoms with van der Waals surface area (Å²) in [5.41, 5.74) is 6.60. The molecular weight excluding hydrogens is 258 g/mol. The summed E-state index contributed by atoms with van der Waals surface area (Å²) < 4.78 is 0. The van der Waals surface area contributed by atoms with Crippen molar-refractivity contribution in [2.24, 2.45) is 0 Å². The largest absolute Gasteiger partial charge is 0.595 e. The van der Waals surface area contributed by atoms with Gasteiger partial charge >= 0.3 is 0 Å². The molecule has 1 fully saturated rings. The van der Waals surface area contributed by atoms with Crippen LogP contribution < -0.4 is 15.9 Å². The predicted octanol–water partition coefficient (Wildman–Crippen LogP) is 0.287. The zero-order valence-electron chi connectivity index (χ0n) is 9.77. The number of rotatable bonds is 3. The van der Waals surface area contributed by atoms with Crippen LogP contribution in [0.25, 0.3) is 0 Å². The van der Waals surface area contributed by atoms with Crippen molar-refractivity contribution in [2.45, 2.75) is 18.9 Å². The Kier molecular flexibility index (Phi) is 3.94. The summed E-state index contributed by atoms with van der Waals surface area (Å²) in [6.45, 7) is 0.841. The van der Waals surface area contributed by atoms with Gasteiger partial charge in [-0.2, -0.15) is 5.23 Å². The van der Waals surface area contributed by atoms with Crippen molar-refractivity contribution >= 4 is 28.7 Å². The van der Waals surface area contributed by atoms with E-state index < -0.39 is 5.23 Å². The molecule has 1 aromatic rings. The van der Waals surface area contributed by atoms with E-state index in [-0.39, 0.29) is 24.0 Å². The van der Waals surface area contributed by atoms with Crippen molar-refractivity contribution in [1.82, 2.24) is 0 Å². The van der Waals surface area contributed by atoms with Gasteiger partial charge < -0.3 is 20.9 Å². The Balaban J connectivity index is 2.37. The molecule has 1 heterocycles. The highest BCUT2D eigenvalue weighted by molar-refractivity contribution is 6.33. The number of nitrogen functional groups attached to an aromatic ring is 1. The van der Waals surface area contributed by atoms with Gasteiger partial charge in [0.25, 0.3) is 0 Å². The molecule has 1 saturated heterocycles. The van der Waals surface area contributed by atoms with Crippen LogP contribution >= 0.6 is 11.6 Å². The summed E-state index contributed by atoms with van der Waals surface area (Å²) >= 11 is 6.11. The van der Waals surface area contributed by atoms with E-state index in [2.05, 4.69) is 0 Å². The fourth-order valence-corrected chi connectivity index (χ4v) is 2.60. The highest BCUT2D eigenvalue weighted by Gasteiger charge is 2.26. The van der Waals surface area contributed by atoms with Gasteiger partial charge in [0.05, 0.1) is 29.0 Å². The first-order chi connectivity index (χ1) is 8.54. The molecule has 5 N–H and O–H groups in total. The first kappa shape index (κ1) is 13.4. The maximum Gasteiger partial charge on any atom is 0.188 e. The molecule has 2 atom stereocenters. The molecule has 1 aromatic carbocycles. The fourth-order valence-electron chi connectivity index (χ4n) is 2.33. The number of nitrogens with one attached hydrogen (secondary N) is 1. The smallest absolute Gasteiger partial charge is 0.188 e. The molecular formula is C11H16ClN3O3. The SMILES string of the molecule is Nc1cc(N2CCC[C@@H]2CO)c(Cl)cc1[NH+]([O-])O. The third-order valence-corrected chi connectivity index (χ3v) is 3.55. The second-order valence-corrected chi connectivity index (χ2v) is 4.78. The quantitative estimate of drug-likeness (QED) is 0.469. The number of anilines is 2. The van der Waals surface area contributed by atoms with E-state index in [0.29, 0.717) is 10.7 Å². The predicted molar refractivity (Wildman–Crippen MR) is 69.1 cm³/mol. The highest BCUT2D eigenvalue weighted by atomic mass is 35.5. The zero-order chi connectivity index (χ0) is 13.3. The molecule has 0 bridgehead atoms.